The first kappa shape index (κ1) is 19.0. The van der Waals surface area contributed by atoms with E-state index in [9.17, 15) is 15.0 Å². The van der Waals surface area contributed by atoms with Gasteiger partial charge in [0.2, 0.25) is 5.91 Å². The predicted molar refractivity (Wildman–Crippen MR) is 96.0 cm³/mol. The lowest BCUT2D eigenvalue weighted by molar-refractivity contribution is -0.123. The van der Waals surface area contributed by atoms with Gasteiger partial charge in [-0.15, -0.1) is 0 Å². The fourth-order valence-electron chi connectivity index (χ4n) is 2.50. The van der Waals surface area contributed by atoms with Crippen molar-refractivity contribution in [1.82, 2.24) is 5.32 Å². The minimum absolute atomic E-state index is 0.144. The van der Waals surface area contributed by atoms with Gasteiger partial charge in [-0.25, -0.2) is 0 Å². The molecule has 0 radical (unpaired) electrons. The normalized spacial score (nSPS) is 13.2. The van der Waals surface area contributed by atoms with E-state index in [2.05, 4.69) is 5.32 Å². The van der Waals surface area contributed by atoms with Gasteiger partial charge in [-0.3, -0.25) is 4.79 Å². The van der Waals surface area contributed by atoms with Crippen LogP contribution >= 0.6 is 0 Å². The number of aromatic hydroxyl groups is 1. The second kappa shape index (κ2) is 9.20. The van der Waals surface area contributed by atoms with Gasteiger partial charge in [0.15, 0.2) is 0 Å². The van der Waals surface area contributed by atoms with Crippen LogP contribution in [0, 0.1) is 0 Å². The van der Waals surface area contributed by atoms with E-state index in [1.54, 1.807) is 19.1 Å². The van der Waals surface area contributed by atoms with Crippen LogP contribution in [0.2, 0.25) is 0 Å². The van der Waals surface area contributed by atoms with E-state index in [1.165, 1.54) is 12.1 Å². The molecule has 0 aliphatic carbocycles. The molecule has 2 rings (SSSR count). The average Bonchev–Trinajstić information content (AvgIpc) is 2.62. The van der Waals surface area contributed by atoms with Crippen molar-refractivity contribution in [1.29, 1.82) is 0 Å². The van der Waals surface area contributed by atoms with Gasteiger partial charge in [-0.05, 0) is 36.6 Å². The van der Waals surface area contributed by atoms with Gasteiger partial charge in [0.1, 0.15) is 5.75 Å². The van der Waals surface area contributed by atoms with Gasteiger partial charge in [0.05, 0.1) is 18.8 Å². The molecule has 0 heterocycles. The van der Waals surface area contributed by atoms with Gasteiger partial charge in [0.25, 0.3) is 0 Å². The molecule has 2 aromatic carbocycles. The standard InChI is InChI=1S/C20H25NO4/c1-20(15-22,17-9-11-18(23)12-10-17)21-19(24)8-5-13-25-14-16-6-3-2-4-7-16/h2-4,6-7,9-12,22-23H,5,8,13-15H2,1H3,(H,21,24)/t20-/m0/s1. The van der Waals surface area contributed by atoms with Crippen LogP contribution in [0.4, 0.5) is 0 Å². The van der Waals surface area contributed by atoms with Crippen molar-refractivity contribution < 1.29 is 19.7 Å². The Balaban J connectivity index is 1.75. The smallest absolute Gasteiger partial charge is 0.220 e. The van der Waals surface area contributed by atoms with Gasteiger partial charge >= 0.3 is 0 Å². The Morgan fingerprint density at radius 2 is 1.80 bits per heavy atom. The van der Waals surface area contributed by atoms with Crippen LogP contribution in [0.15, 0.2) is 54.6 Å². The topological polar surface area (TPSA) is 78.8 Å². The summed E-state index contributed by atoms with van der Waals surface area (Å²) in [5.41, 5.74) is 0.962. The lowest BCUT2D eigenvalue weighted by Gasteiger charge is -2.29. The number of nitrogens with one attached hydrogen (secondary N) is 1. The molecule has 0 saturated heterocycles. The van der Waals surface area contributed by atoms with E-state index in [-0.39, 0.29) is 18.3 Å². The summed E-state index contributed by atoms with van der Waals surface area (Å²) in [6.07, 6.45) is 0.929. The minimum Gasteiger partial charge on any atom is -0.508 e. The molecule has 0 unspecified atom stereocenters. The highest BCUT2D eigenvalue weighted by atomic mass is 16.5. The number of phenols is 1. The van der Waals surface area contributed by atoms with E-state index in [0.29, 0.717) is 26.1 Å². The van der Waals surface area contributed by atoms with Gasteiger partial charge in [-0.2, -0.15) is 0 Å². The molecule has 0 spiro atoms. The van der Waals surface area contributed by atoms with Crippen molar-refractivity contribution in [2.24, 2.45) is 0 Å². The van der Waals surface area contributed by atoms with Crippen molar-refractivity contribution in [3.8, 4) is 5.75 Å². The molecule has 134 valence electrons. The van der Waals surface area contributed by atoms with Crippen LogP contribution in [-0.2, 0) is 21.7 Å². The summed E-state index contributed by atoms with van der Waals surface area (Å²) in [6, 6.07) is 16.3. The quantitative estimate of drug-likeness (QED) is 0.612. The summed E-state index contributed by atoms with van der Waals surface area (Å²) < 4.78 is 5.57. The third-order valence-corrected chi connectivity index (χ3v) is 4.04. The molecule has 25 heavy (non-hydrogen) atoms. The molecule has 3 N–H and O–H groups in total. The number of ether oxygens (including phenoxy) is 1. The molecule has 0 bridgehead atoms. The Hall–Kier alpha value is -2.37. The zero-order valence-corrected chi connectivity index (χ0v) is 14.4. The highest BCUT2D eigenvalue weighted by Crippen LogP contribution is 2.22. The molecule has 5 heteroatoms. The molecule has 0 aliphatic rings. The second-order valence-electron chi connectivity index (χ2n) is 6.23. The number of benzene rings is 2. The fourth-order valence-corrected chi connectivity index (χ4v) is 2.50. The molecule has 1 atom stereocenters. The highest BCUT2D eigenvalue weighted by Gasteiger charge is 2.27. The van der Waals surface area contributed by atoms with Crippen molar-refractivity contribution in [2.75, 3.05) is 13.2 Å². The number of aliphatic hydroxyl groups excluding tert-OH is 1. The van der Waals surface area contributed by atoms with Crippen molar-refractivity contribution in [3.63, 3.8) is 0 Å². The summed E-state index contributed by atoms with van der Waals surface area (Å²) in [6.45, 7) is 2.55. The van der Waals surface area contributed by atoms with Crippen LogP contribution in [0.3, 0.4) is 0 Å². The Morgan fingerprint density at radius 1 is 1.12 bits per heavy atom. The Bertz CT molecular complexity index is 657. The number of amides is 1. The third-order valence-electron chi connectivity index (χ3n) is 4.04. The number of hydrogen-bond donors (Lipinski definition) is 3. The second-order valence-corrected chi connectivity index (χ2v) is 6.23. The van der Waals surface area contributed by atoms with E-state index >= 15 is 0 Å². The van der Waals surface area contributed by atoms with Crippen LogP contribution < -0.4 is 5.32 Å². The molecular weight excluding hydrogens is 318 g/mol. The number of carbonyl (C=O) groups excluding carboxylic acids is 1. The molecule has 1 amide bonds. The number of carbonyl (C=O) groups is 1. The zero-order chi connectivity index (χ0) is 18.1. The first-order chi connectivity index (χ1) is 12.0. The molecule has 0 fully saturated rings. The van der Waals surface area contributed by atoms with Gasteiger partial charge < -0.3 is 20.3 Å². The van der Waals surface area contributed by atoms with Crippen LogP contribution in [-0.4, -0.2) is 29.3 Å². The van der Waals surface area contributed by atoms with Crippen LogP contribution in [0.1, 0.15) is 30.9 Å². The van der Waals surface area contributed by atoms with Gasteiger partial charge in [-0.1, -0.05) is 42.5 Å². The number of aliphatic hydroxyl groups is 1. The largest absolute Gasteiger partial charge is 0.508 e. The number of rotatable bonds is 9. The van der Waals surface area contributed by atoms with Crippen molar-refractivity contribution in [2.45, 2.75) is 31.9 Å². The highest BCUT2D eigenvalue weighted by molar-refractivity contribution is 5.77. The van der Waals surface area contributed by atoms with Crippen molar-refractivity contribution >= 4 is 5.91 Å². The zero-order valence-electron chi connectivity index (χ0n) is 14.4. The average molecular weight is 343 g/mol. The van der Waals surface area contributed by atoms with Crippen LogP contribution in [0.5, 0.6) is 5.75 Å². The fraction of sp³-hybridized carbons (Fsp3) is 0.350. The van der Waals surface area contributed by atoms with E-state index in [0.717, 1.165) is 11.1 Å². The Labute approximate surface area is 148 Å². The maximum Gasteiger partial charge on any atom is 0.220 e. The van der Waals surface area contributed by atoms with E-state index in [1.807, 2.05) is 30.3 Å². The lowest BCUT2D eigenvalue weighted by Crippen LogP contribution is -2.46. The maximum absolute atomic E-state index is 12.2. The third kappa shape index (κ3) is 5.89. The number of hydrogen-bond acceptors (Lipinski definition) is 4. The molecule has 0 aliphatic heterocycles. The summed E-state index contributed by atoms with van der Waals surface area (Å²) in [7, 11) is 0. The summed E-state index contributed by atoms with van der Waals surface area (Å²) in [5, 5.41) is 21.9. The SMILES string of the molecule is C[C@@](CO)(NC(=O)CCCOCc1ccccc1)c1ccc(O)cc1. The summed E-state index contributed by atoms with van der Waals surface area (Å²) in [5.74, 6) is -0.00105. The maximum atomic E-state index is 12.2. The van der Waals surface area contributed by atoms with Crippen molar-refractivity contribution in [3.05, 3.63) is 65.7 Å². The summed E-state index contributed by atoms with van der Waals surface area (Å²) in [4.78, 5) is 12.2. The molecule has 2 aromatic rings. The monoisotopic (exact) mass is 343 g/mol. The van der Waals surface area contributed by atoms with E-state index in [4.69, 9.17) is 4.74 Å². The summed E-state index contributed by atoms with van der Waals surface area (Å²) >= 11 is 0. The molecular formula is C20H25NO4. The number of phenolic OH excluding ortho intramolecular Hbond substituents is 1. The molecule has 5 nitrogen and oxygen atoms in total. The molecule has 0 saturated carbocycles. The predicted octanol–water partition coefficient (Wildman–Crippen LogP) is 2.71. The van der Waals surface area contributed by atoms with Crippen LogP contribution in [0.25, 0.3) is 0 Å². The Kier molecular flexibility index (Phi) is 6.98. The first-order valence-electron chi connectivity index (χ1n) is 8.36. The Morgan fingerprint density at radius 3 is 2.44 bits per heavy atom. The van der Waals surface area contributed by atoms with Gasteiger partial charge in [0, 0.05) is 13.0 Å². The minimum atomic E-state index is -0.879. The molecule has 0 aromatic heterocycles. The van der Waals surface area contributed by atoms with E-state index < -0.39 is 5.54 Å². The first-order valence-corrected chi connectivity index (χ1v) is 8.36. The lowest BCUT2D eigenvalue weighted by atomic mass is 9.92.